The van der Waals surface area contributed by atoms with Gasteiger partial charge in [-0.1, -0.05) is 0 Å². The van der Waals surface area contributed by atoms with Crippen molar-refractivity contribution in [2.75, 3.05) is 39.1 Å². The van der Waals surface area contributed by atoms with E-state index in [9.17, 15) is 13.2 Å². The molecule has 0 aliphatic carbocycles. The van der Waals surface area contributed by atoms with Gasteiger partial charge in [0.25, 0.3) is 0 Å². The standard InChI is InChI=1S/C14H26N2O5S/c1-12(2)16(22(3,18)19)7-4-13(17)15-8-5-14(6-9-15)20-10-11-21-14/h12H,4-11H2,1-3H3. The monoisotopic (exact) mass is 334 g/mol. The second-order valence-corrected chi connectivity index (χ2v) is 8.14. The summed E-state index contributed by atoms with van der Waals surface area (Å²) in [6.07, 6.45) is 2.74. The number of nitrogens with zero attached hydrogens (tertiary/aromatic N) is 2. The van der Waals surface area contributed by atoms with Gasteiger partial charge in [0.1, 0.15) is 0 Å². The van der Waals surface area contributed by atoms with E-state index in [4.69, 9.17) is 9.47 Å². The van der Waals surface area contributed by atoms with Crippen LogP contribution in [0.2, 0.25) is 0 Å². The summed E-state index contributed by atoms with van der Waals surface area (Å²) in [7, 11) is -3.29. The van der Waals surface area contributed by atoms with Crippen LogP contribution in [0.5, 0.6) is 0 Å². The van der Waals surface area contributed by atoms with E-state index in [1.54, 1.807) is 4.90 Å². The number of amides is 1. The van der Waals surface area contributed by atoms with Crippen LogP contribution in [-0.4, -0.2) is 74.5 Å². The molecule has 2 heterocycles. The fraction of sp³-hybridized carbons (Fsp3) is 0.929. The van der Waals surface area contributed by atoms with Crippen molar-refractivity contribution in [3.8, 4) is 0 Å². The molecule has 128 valence electrons. The number of hydrogen-bond acceptors (Lipinski definition) is 5. The number of carbonyl (C=O) groups excluding carboxylic acids is 1. The van der Waals surface area contributed by atoms with Crippen molar-refractivity contribution < 1.29 is 22.7 Å². The van der Waals surface area contributed by atoms with Crippen molar-refractivity contribution in [2.24, 2.45) is 0 Å². The quantitative estimate of drug-likeness (QED) is 0.728. The molecule has 0 aromatic rings. The van der Waals surface area contributed by atoms with E-state index in [0.717, 1.165) is 0 Å². The van der Waals surface area contributed by atoms with E-state index in [-0.39, 0.29) is 24.9 Å². The van der Waals surface area contributed by atoms with E-state index in [1.807, 2.05) is 13.8 Å². The van der Waals surface area contributed by atoms with Gasteiger partial charge in [0.2, 0.25) is 15.9 Å². The average molecular weight is 334 g/mol. The van der Waals surface area contributed by atoms with Crippen molar-refractivity contribution in [1.29, 1.82) is 0 Å². The summed E-state index contributed by atoms with van der Waals surface area (Å²) in [4.78, 5) is 14.1. The first kappa shape index (κ1) is 17.7. The highest BCUT2D eigenvalue weighted by molar-refractivity contribution is 7.88. The SMILES string of the molecule is CC(C)N(CCC(=O)N1CCC2(CC1)OCCO2)S(C)(=O)=O. The zero-order valence-electron chi connectivity index (χ0n) is 13.6. The molecule has 22 heavy (non-hydrogen) atoms. The third-order valence-electron chi connectivity index (χ3n) is 4.24. The highest BCUT2D eigenvalue weighted by atomic mass is 32.2. The molecule has 7 nitrogen and oxygen atoms in total. The van der Waals surface area contributed by atoms with Gasteiger partial charge in [-0.3, -0.25) is 4.79 Å². The Kier molecular flexibility index (Phi) is 5.47. The van der Waals surface area contributed by atoms with Crippen LogP contribution in [0.25, 0.3) is 0 Å². The van der Waals surface area contributed by atoms with Crippen LogP contribution < -0.4 is 0 Å². The van der Waals surface area contributed by atoms with Gasteiger partial charge in [0, 0.05) is 44.9 Å². The molecule has 0 bridgehead atoms. The molecular weight excluding hydrogens is 308 g/mol. The van der Waals surface area contributed by atoms with Gasteiger partial charge in [0.05, 0.1) is 19.5 Å². The van der Waals surface area contributed by atoms with Crippen molar-refractivity contribution in [3.05, 3.63) is 0 Å². The molecule has 0 saturated carbocycles. The van der Waals surface area contributed by atoms with Crippen molar-refractivity contribution in [1.82, 2.24) is 9.21 Å². The molecule has 2 aliphatic heterocycles. The smallest absolute Gasteiger partial charge is 0.223 e. The van der Waals surface area contributed by atoms with Crippen LogP contribution in [0.1, 0.15) is 33.1 Å². The summed E-state index contributed by atoms with van der Waals surface area (Å²) in [5.41, 5.74) is 0. The maximum Gasteiger partial charge on any atom is 0.223 e. The Labute approximate surface area is 132 Å². The average Bonchev–Trinajstić information content (AvgIpc) is 2.86. The molecule has 1 amide bonds. The van der Waals surface area contributed by atoms with Gasteiger partial charge in [-0.15, -0.1) is 0 Å². The van der Waals surface area contributed by atoms with Crippen molar-refractivity contribution in [2.45, 2.75) is 44.9 Å². The molecule has 2 saturated heterocycles. The summed E-state index contributed by atoms with van der Waals surface area (Å²) < 4.78 is 36.0. The largest absolute Gasteiger partial charge is 0.347 e. The lowest BCUT2D eigenvalue weighted by Gasteiger charge is -2.37. The van der Waals surface area contributed by atoms with Gasteiger partial charge >= 0.3 is 0 Å². The van der Waals surface area contributed by atoms with Gasteiger partial charge in [-0.25, -0.2) is 8.42 Å². The molecule has 0 N–H and O–H groups in total. The number of likely N-dealkylation sites (tertiary alicyclic amines) is 1. The van der Waals surface area contributed by atoms with E-state index in [0.29, 0.717) is 39.1 Å². The molecule has 0 unspecified atom stereocenters. The number of piperidine rings is 1. The lowest BCUT2D eigenvalue weighted by molar-refractivity contribution is -0.187. The Balaban J connectivity index is 1.83. The fourth-order valence-electron chi connectivity index (χ4n) is 3.05. The normalized spacial score (nSPS) is 22.0. The first-order valence-corrected chi connectivity index (χ1v) is 9.61. The summed E-state index contributed by atoms with van der Waals surface area (Å²) in [5.74, 6) is -0.504. The van der Waals surface area contributed by atoms with Crippen molar-refractivity contribution >= 4 is 15.9 Å². The molecule has 2 aliphatic rings. The highest BCUT2D eigenvalue weighted by Crippen LogP contribution is 2.31. The second kappa shape index (κ2) is 6.82. The van der Waals surface area contributed by atoms with Crippen LogP contribution in [0.4, 0.5) is 0 Å². The van der Waals surface area contributed by atoms with Crippen LogP contribution in [-0.2, 0) is 24.3 Å². The molecule has 0 radical (unpaired) electrons. The minimum Gasteiger partial charge on any atom is -0.347 e. The number of rotatable bonds is 5. The predicted octanol–water partition coefficient (Wildman–Crippen LogP) is 0.412. The Hall–Kier alpha value is -0.700. The maximum absolute atomic E-state index is 12.3. The van der Waals surface area contributed by atoms with Crippen molar-refractivity contribution in [3.63, 3.8) is 0 Å². The topological polar surface area (TPSA) is 76.2 Å². The lowest BCUT2D eigenvalue weighted by atomic mass is 10.0. The van der Waals surface area contributed by atoms with E-state index < -0.39 is 15.8 Å². The molecular formula is C14H26N2O5S. The third-order valence-corrected chi connectivity index (χ3v) is 5.70. The zero-order valence-corrected chi connectivity index (χ0v) is 14.4. The van der Waals surface area contributed by atoms with E-state index >= 15 is 0 Å². The number of hydrogen-bond donors (Lipinski definition) is 0. The zero-order chi connectivity index (χ0) is 16.4. The summed E-state index contributed by atoms with van der Waals surface area (Å²) >= 11 is 0. The molecule has 2 rings (SSSR count). The predicted molar refractivity (Wildman–Crippen MR) is 81.8 cm³/mol. The minimum absolute atomic E-state index is 0.0119. The first-order chi connectivity index (χ1) is 10.2. The number of sulfonamides is 1. The molecule has 0 aromatic carbocycles. The van der Waals surface area contributed by atoms with E-state index in [1.165, 1.54) is 10.6 Å². The second-order valence-electron chi connectivity index (χ2n) is 6.21. The van der Waals surface area contributed by atoms with Gasteiger partial charge < -0.3 is 14.4 Å². The highest BCUT2D eigenvalue weighted by Gasteiger charge is 2.40. The van der Waals surface area contributed by atoms with Gasteiger partial charge in [-0.2, -0.15) is 4.31 Å². The Morgan fingerprint density at radius 3 is 2.23 bits per heavy atom. The molecule has 1 spiro atoms. The molecule has 0 atom stereocenters. The lowest BCUT2D eigenvalue weighted by Crippen LogP contribution is -2.48. The number of carbonyl (C=O) groups is 1. The maximum atomic E-state index is 12.3. The summed E-state index contributed by atoms with van der Waals surface area (Å²) in [6.45, 7) is 6.27. The molecule has 2 fully saturated rings. The Bertz CT molecular complexity index is 489. The van der Waals surface area contributed by atoms with Crippen LogP contribution in [0.3, 0.4) is 0 Å². The fourth-order valence-corrected chi connectivity index (χ4v) is 4.24. The third kappa shape index (κ3) is 4.18. The van der Waals surface area contributed by atoms with E-state index in [2.05, 4.69) is 0 Å². The van der Waals surface area contributed by atoms with Crippen LogP contribution in [0.15, 0.2) is 0 Å². The molecule has 0 aromatic heterocycles. The van der Waals surface area contributed by atoms with Gasteiger partial charge in [-0.05, 0) is 13.8 Å². The Morgan fingerprint density at radius 2 is 1.77 bits per heavy atom. The Morgan fingerprint density at radius 1 is 1.23 bits per heavy atom. The minimum atomic E-state index is -3.29. The van der Waals surface area contributed by atoms with Crippen LogP contribution >= 0.6 is 0 Å². The summed E-state index contributed by atoms with van der Waals surface area (Å²) in [6, 6.07) is -0.146. The number of ether oxygens (including phenoxy) is 2. The van der Waals surface area contributed by atoms with Crippen LogP contribution in [0, 0.1) is 0 Å². The summed E-state index contributed by atoms with van der Waals surface area (Å²) in [5, 5.41) is 0. The van der Waals surface area contributed by atoms with Gasteiger partial charge in [0.15, 0.2) is 5.79 Å². The first-order valence-electron chi connectivity index (χ1n) is 7.76. The molecule has 8 heteroatoms.